The SMILES string of the molecule is CCOC1CC(N)C1Nc1cc(Cl)nnc1Cl. The molecule has 0 aromatic carbocycles. The van der Waals surface area contributed by atoms with E-state index in [1.807, 2.05) is 6.92 Å². The van der Waals surface area contributed by atoms with E-state index >= 15 is 0 Å². The van der Waals surface area contributed by atoms with E-state index in [1.54, 1.807) is 6.07 Å². The molecule has 0 saturated heterocycles. The second-order valence-electron chi connectivity index (χ2n) is 3.94. The monoisotopic (exact) mass is 276 g/mol. The Balaban J connectivity index is 2.06. The lowest BCUT2D eigenvalue weighted by Crippen LogP contribution is -2.60. The molecule has 3 N–H and O–H groups in total. The van der Waals surface area contributed by atoms with Crippen LogP contribution in [0.1, 0.15) is 13.3 Å². The van der Waals surface area contributed by atoms with Crippen LogP contribution in [0.4, 0.5) is 5.69 Å². The fourth-order valence-corrected chi connectivity index (χ4v) is 2.15. The summed E-state index contributed by atoms with van der Waals surface area (Å²) in [6.07, 6.45) is 0.952. The van der Waals surface area contributed by atoms with Gasteiger partial charge in [-0.25, -0.2) is 0 Å². The lowest BCUT2D eigenvalue weighted by Gasteiger charge is -2.43. The van der Waals surface area contributed by atoms with Crippen molar-refractivity contribution in [2.24, 2.45) is 5.73 Å². The van der Waals surface area contributed by atoms with Crippen LogP contribution in [0.2, 0.25) is 10.3 Å². The predicted molar refractivity (Wildman–Crippen MR) is 67.5 cm³/mol. The summed E-state index contributed by atoms with van der Waals surface area (Å²) in [5, 5.41) is 11.1. The number of nitrogens with two attached hydrogens (primary N) is 1. The van der Waals surface area contributed by atoms with Gasteiger partial charge < -0.3 is 15.8 Å². The zero-order valence-corrected chi connectivity index (χ0v) is 10.9. The quantitative estimate of drug-likeness (QED) is 0.876. The van der Waals surface area contributed by atoms with Gasteiger partial charge >= 0.3 is 0 Å². The van der Waals surface area contributed by atoms with Gasteiger partial charge in [0.15, 0.2) is 10.3 Å². The third-order valence-corrected chi connectivity index (χ3v) is 3.25. The maximum Gasteiger partial charge on any atom is 0.174 e. The largest absolute Gasteiger partial charge is 0.376 e. The molecule has 0 radical (unpaired) electrons. The van der Waals surface area contributed by atoms with Crippen LogP contribution in [0, 0.1) is 0 Å². The molecule has 2 rings (SSSR count). The van der Waals surface area contributed by atoms with Crippen molar-refractivity contribution in [1.82, 2.24) is 10.2 Å². The van der Waals surface area contributed by atoms with Crippen molar-refractivity contribution in [2.45, 2.75) is 31.5 Å². The van der Waals surface area contributed by atoms with Crippen LogP contribution < -0.4 is 11.1 Å². The average Bonchev–Trinajstić information content (AvgIpc) is 2.30. The molecule has 17 heavy (non-hydrogen) atoms. The van der Waals surface area contributed by atoms with E-state index < -0.39 is 0 Å². The van der Waals surface area contributed by atoms with Crippen LogP contribution in [-0.2, 0) is 4.74 Å². The van der Waals surface area contributed by atoms with E-state index in [-0.39, 0.29) is 28.5 Å². The van der Waals surface area contributed by atoms with Crippen molar-refractivity contribution in [3.63, 3.8) is 0 Å². The second kappa shape index (κ2) is 5.35. The van der Waals surface area contributed by atoms with Gasteiger partial charge in [-0.1, -0.05) is 23.2 Å². The van der Waals surface area contributed by atoms with Crippen LogP contribution in [0.15, 0.2) is 6.07 Å². The molecule has 7 heteroatoms. The molecule has 1 heterocycles. The van der Waals surface area contributed by atoms with Gasteiger partial charge in [0.1, 0.15) is 0 Å². The number of hydrogen-bond donors (Lipinski definition) is 2. The number of ether oxygens (including phenoxy) is 1. The lowest BCUT2D eigenvalue weighted by atomic mass is 9.83. The Morgan fingerprint density at radius 2 is 2.29 bits per heavy atom. The summed E-state index contributed by atoms with van der Waals surface area (Å²) in [7, 11) is 0. The van der Waals surface area contributed by atoms with Gasteiger partial charge in [-0.2, -0.15) is 0 Å². The fourth-order valence-electron chi connectivity index (χ4n) is 1.86. The fraction of sp³-hybridized carbons (Fsp3) is 0.600. The number of nitrogens with zero attached hydrogens (tertiary/aromatic N) is 2. The molecule has 3 atom stereocenters. The first-order valence-electron chi connectivity index (χ1n) is 5.44. The minimum Gasteiger partial charge on any atom is -0.376 e. The summed E-state index contributed by atoms with van der Waals surface area (Å²) in [6.45, 7) is 2.62. The van der Waals surface area contributed by atoms with Crippen molar-refractivity contribution in [2.75, 3.05) is 11.9 Å². The molecular formula is C10H14Cl2N4O. The van der Waals surface area contributed by atoms with E-state index in [4.69, 9.17) is 33.7 Å². The minimum atomic E-state index is 0.0349. The predicted octanol–water partition coefficient (Wildman–Crippen LogP) is 1.70. The normalized spacial score (nSPS) is 27.6. The Morgan fingerprint density at radius 3 is 2.94 bits per heavy atom. The summed E-state index contributed by atoms with van der Waals surface area (Å²) in [4.78, 5) is 0. The van der Waals surface area contributed by atoms with E-state index in [9.17, 15) is 0 Å². The zero-order valence-electron chi connectivity index (χ0n) is 9.36. The first-order chi connectivity index (χ1) is 8.11. The minimum absolute atomic E-state index is 0.0349. The molecule has 1 fully saturated rings. The molecular weight excluding hydrogens is 263 g/mol. The third-order valence-electron chi connectivity index (χ3n) is 2.79. The molecule has 0 aliphatic heterocycles. The number of aromatic nitrogens is 2. The Labute approximate surface area is 110 Å². The van der Waals surface area contributed by atoms with Crippen LogP contribution in [-0.4, -0.2) is 35.0 Å². The Hall–Kier alpha value is -0.620. The molecule has 1 aliphatic rings. The summed E-state index contributed by atoms with van der Waals surface area (Å²) in [5.74, 6) is 0. The van der Waals surface area contributed by atoms with Gasteiger partial charge in [0.05, 0.1) is 17.8 Å². The molecule has 94 valence electrons. The highest BCUT2D eigenvalue weighted by Crippen LogP contribution is 2.29. The number of nitrogens with one attached hydrogen (secondary N) is 1. The first kappa shape index (κ1) is 12.8. The topological polar surface area (TPSA) is 73.1 Å². The molecule has 0 amide bonds. The third kappa shape index (κ3) is 2.80. The smallest absolute Gasteiger partial charge is 0.174 e. The standard InChI is InChI=1S/C10H14Cl2N4O/c1-2-17-7-3-5(13)9(7)14-6-4-8(11)15-16-10(6)12/h4-5,7,9H,2-3,13H2,1H3,(H,14,15). The molecule has 1 aromatic rings. The zero-order chi connectivity index (χ0) is 12.4. The van der Waals surface area contributed by atoms with Crippen LogP contribution in [0.5, 0.6) is 0 Å². The van der Waals surface area contributed by atoms with Crippen molar-refractivity contribution >= 4 is 28.9 Å². The maximum absolute atomic E-state index is 5.92. The van der Waals surface area contributed by atoms with E-state index in [0.29, 0.717) is 12.3 Å². The van der Waals surface area contributed by atoms with Gasteiger partial charge in [-0.3, -0.25) is 0 Å². The van der Waals surface area contributed by atoms with Gasteiger partial charge in [0.2, 0.25) is 0 Å². The van der Waals surface area contributed by atoms with Crippen LogP contribution >= 0.6 is 23.2 Å². The first-order valence-corrected chi connectivity index (χ1v) is 6.20. The van der Waals surface area contributed by atoms with E-state index in [0.717, 1.165) is 6.42 Å². The van der Waals surface area contributed by atoms with Crippen molar-refractivity contribution in [1.29, 1.82) is 0 Å². The molecule has 0 spiro atoms. The van der Waals surface area contributed by atoms with Gasteiger partial charge in [0.25, 0.3) is 0 Å². The molecule has 1 aliphatic carbocycles. The average molecular weight is 277 g/mol. The Bertz CT molecular complexity index is 402. The van der Waals surface area contributed by atoms with Crippen LogP contribution in [0.25, 0.3) is 0 Å². The summed E-state index contributed by atoms with van der Waals surface area (Å²) < 4.78 is 5.55. The Morgan fingerprint density at radius 1 is 1.53 bits per heavy atom. The van der Waals surface area contributed by atoms with E-state index in [2.05, 4.69) is 15.5 Å². The van der Waals surface area contributed by atoms with Crippen molar-refractivity contribution in [3.8, 4) is 0 Å². The molecule has 0 bridgehead atoms. The van der Waals surface area contributed by atoms with Crippen molar-refractivity contribution in [3.05, 3.63) is 16.4 Å². The Kier molecular flexibility index (Phi) is 4.04. The number of halogens is 2. The van der Waals surface area contributed by atoms with Crippen LogP contribution in [0.3, 0.4) is 0 Å². The molecule has 5 nitrogen and oxygen atoms in total. The van der Waals surface area contributed by atoms with Crippen molar-refractivity contribution < 1.29 is 4.74 Å². The summed E-state index contributed by atoms with van der Waals surface area (Å²) >= 11 is 11.7. The molecule has 1 saturated carbocycles. The second-order valence-corrected chi connectivity index (χ2v) is 4.68. The number of hydrogen-bond acceptors (Lipinski definition) is 5. The number of rotatable bonds is 4. The van der Waals surface area contributed by atoms with Gasteiger partial charge in [-0.15, -0.1) is 10.2 Å². The summed E-state index contributed by atoms with van der Waals surface area (Å²) in [6, 6.07) is 1.72. The highest BCUT2D eigenvalue weighted by atomic mass is 35.5. The summed E-state index contributed by atoms with van der Waals surface area (Å²) in [5.41, 5.74) is 6.56. The van der Waals surface area contributed by atoms with Gasteiger partial charge in [0, 0.05) is 18.7 Å². The highest BCUT2D eigenvalue weighted by Gasteiger charge is 2.39. The number of anilines is 1. The van der Waals surface area contributed by atoms with Gasteiger partial charge in [-0.05, 0) is 13.3 Å². The lowest BCUT2D eigenvalue weighted by molar-refractivity contribution is -0.0126. The highest BCUT2D eigenvalue weighted by molar-refractivity contribution is 6.33. The molecule has 1 aromatic heterocycles. The maximum atomic E-state index is 5.92. The van der Waals surface area contributed by atoms with E-state index in [1.165, 1.54) is 0 Å². The molecule has 3 unspecified atom stereocenters.